The van der Waals surface area contributed by atoms with Crippen molar-refractivity contribution in [3.63, 3.8) is 0 Å². The van der Waals surface area contributed by atoms with Crippen LogP contribution in [0.4, 0.5) is 0 Å². The summed E-state index contributed by atoms with van der Waals surface area (Å²) < 4.78 is 0. The minimum atomic E-state index is -0.626. The minimum absolute atomic E-state index is 0.0582. The topological polar surface area (TPSA) is 49.4 Å². The first-order valence-electron chi connectivity index (χ1n) is 11.9. The summed E-state index contributed by atoms with van der Waals surface area (Å²) in [6, 6.07) is 25.3. The van der Waals surface area contributed by atoms with Gasteiger partial charge < -0.3 is 10.2 Å². The van der Waals surface area contributed by atoms with Gasteiger partial charge in [-0.2, -0.15) is 0 Å². The molecule has 1 N–H and O–H groups in total. The van der Waals surface area contributed by atoms with Gasteiger partial charge in [0.1, 0.15) is 6.04 Å². The second kappa shape index (κ2) is 11.1. The molecule has 0 saturated heterocycles. The molecule has 0 aliphatic carbocycles. The fraction of sp³-hybridized carbons (Fsp3) is 0.333. The molecule has 4 heteroatoms. The molecule has 0 heterocycles. The standard InChI is InChI=1S/C30H36N2O2/c1-22-15-17-25(18-16-22)20-28(33)32(21-26-14-10-9-11-23(26)2)27(29(34)31-30(3,4)5)19-24-12-7-6-8-13-24/h6-18,27H,19-21H2,1-5H3,(H,31,34). The lowest BCUT2D eigenvalue weighted by molar-refractivity contribution is -0.141. The third-order valence-corrected chi connectivity index (χ3v) is 5.85. The van der Waals surface area contributed by atoms with Gasteiger partial charge >= 0.3 is 0 Å². The van der Waals surface area contributed by atoms with Gasteiger partial charge in [-0.15, -0.1) is 0 Å². The Balaban J connectivity index is 1.99. The summed E-state index contributed by atoms with van der Waals surface area (Å²) in [7, 11) is 0. The molecule has 0 radical (unpaired) electrons. The number of nitrogens with zero attached hydrogens (tertiary/aromatic N) is 1. The highest BCUT2D eigenvalue weighted by Crippen LogP contribution is 2.19. The van der Waals surface area contributed by atoms with Crippen LogP contribution in [0.3, 0.4) is 0 Å². The van der Waals surface area contributed by atoms with Crippen LogP contribution in [0.5, 0.6) is 0 Å². The van der Waals surface area contributed by atoms with Gasteiger partial charge in [-0.3, -0.25) is 9.59 Å². The monoisotopic (exact) mass is 456 g/mol. The molecule has 34 heavy (non-hydrogen) atoms. The molecule has 0 spiro atoms. The molecule has 2 amide bonds. The molecule has 0 aromatic heterocycles. The van der Waals surface area contributed by atoms with Gasteiger partial charge in [0.25, 0.3) is 0 Å². The third-order valence-electron chi connectivity index (χ3n) is 5.85. The number of hydrogen-bond acceptors (Lipinski definition) is 2. The summed E-state index contributed by atoms with van der Waals surface area (Å²) >= 11 is 0. The van der Waals surface area contributed by atoms with Gasteiger partial charge in [-0.25, -0.2) is 0 Å². The van der Waals surface area contributed by atoms with Crippen molar-refractivity contribution in [3.05, 3.63) is 107 Å². The molecular formula is C30H36N2O2. The first-order chi connectivity index (χ1) is 16.1. The summed E-state index contributed by atoms with van der Waals surface area (Å²) in [6.07, 6.45) is 0.703. The van der Waals surface area contributed by atoms with E-state index < -0.39 is 11.6 Å². The van der Waals surface area contributed by atoms with Crippen LogP contribution in [0.25, 0.3) is 0 Å². The van der Waals surface area contributed by atoms with Gasteiger partial charge in [0.15, 0.2) is 0 Å². The Morgan fingerprint density at radius 3 is 2.06 bits per heavy atom. The van der Waals surface area contributed by atoms with Crippen LogP contribution >= 0.6 is 0 Å². The zero-order valence-corrected chi connectivity index (χ0v) is 21.0. The number of rotatable bonds is 8. The van der Waals surface area contributed by atoms with Gasteiger partial charge in [-0.05, 0) is 56.9 Å². The largest absolute Gasteiger partial charge is 0.350 e. The summed E-state index contributed by atoms with van der Waals surface area (Å²) in [5.74, 6) is -0.195. The zero-order chi connectivity index (χ0) is 24.7. The summed E-state index contributed by atoms with van der Waals surface area (Å²) in [5, 5.41) is 3.11. The van der Waals surface area contributed by atoms with Gasteiger partial charge in [-0.1, -0.05) is 84.4 Å². The predicted octanol–water partition coefficient (Wildman–Crippen LogP) is 5.40. The molecule has 0 aliphatic rings. The van der Waals surface area contributed by atoms with Crippen molar-refractivity contribution in [1.82, 2.24) is 10.2 Å². The average molecular weight is 457 g/mol. The van der Waals surface area contributed by atoms with Crippen LogP contribution in [0.2, 0.25) is 0 Å². The van der Waals surface area contributed by atoms with E-state index in [1.54, 1.807) is 4.90 Å². The molecule has 3 aromatic carbocycles. The van der Waals surface area contributed by atoms with E-state index in [0.717, 1.165) is 27.8 Å². The Morgan fingerprint density at radius 2 is 1.44 bits per heavy atom. The van der Waals surface area contributed by atoms with E-state index in [2.05, 4.69) is 5.32 Å². The average Bonchev–Trinajstić information content (AvgIpc) is 2.78. The lowest BCUT2D eigenvalue weighted by atomic mass is 9.99. The molecule has 3 rings (SSSR count). The van der Waals surface area contributed by atoms with Crippen LogP contribution in [-0.4, -0.2) is 28.3 Å². The number of carbonyl (C=O) groups excluding carboxylic acids is 2. The predicted molar refractivity (Wildman–Crippen MR) is 138 cm³/mol. The molecule has 1 unspecified atom stereocenters. The molecule has 0 aliphatic heterocycles. The number of hydrogen-bond donors (Lipinski definition) is 1. The van der Waals surface area contributed by atoms with E-state index >= 15 is 0 Å². The molecule has 178 valence electrons. The number of nitrogens with one attached hydrogen (secondary N) is 1. The number of amides is 2. The van der Waals surface area contributed by atoms with Crippen LogP contribution < -0.4 is 5.32 Å². The number of aryl methyl sites for hydroxylation is 2. The molecular weight excluding hydrogens is 420 g/mol. The minimum Gasteiger partial charge on any atom is -0.350 e. The van der Waals surface area contributed by atoms with Crippen molar-refractivity contribution in [2.45, 2.75) is 65.6 Å². The Bertz CT molecular complexity index is 1100. The van der Waals surface area contributed by atoms with Crippen molar-refractivity contribution in [2.24, 2.45) is 0 Å². The Labute approximate surface area is 204 Å². The second-order valence-electron chi connectivity index (χ2n) is 10.1. The summed E-state index contributed by atoms with van der Waals surface area (Å²) in [4.78, 5) is 29.1. The molecule has 3 aromatic rings. The second-order valence-corrected chi connectivity index (χ2v) is 10.1. The molecule has 4 nitrogen and oxygen atoms in total. The van der Waals surface area contributed by atoms with Crippen molar-refractivity contribution < 1.29 is 9.59 Å². The fourth-order valence-electron chi connectivity index (χ4n) is 3.96. The van der Waals surface area contributed by atoms with Gasteiger partial charge in [0.2, 0.25) is 11.8 Å². The third kappa shape index (κ3) is 7.31. The van der Waals surface area contributed by atoms with Crippen LogP contribution in [-0.2, 0) is 29.0 Å². The maximum Gasteiger partial charge on any atom is 0.243 e. The van der Waals surface area contributed by atoms with Crippen molar-refractivity contribution in [3.8, 4) is 0 Å². The van der Waals surface area contributed by atoms with E-state index in [0.29, 0.717) is 13.0 Å². The van der Waals surface area contributed by atoms with Crippen LogP contribution in [0.15, 0.2) is 78.9 Å². The molecule has 0 saturated carbocycles. The highest BCUT2D eigenvalue weighted by molar-refractivity contribution is 5.89. The number of benzene rings is 3. The van der Waals surface area contributed by atoms with E-state index in [4.69, 9.17) is 0 Å². The summed E-state index contributed by atoms with van der Waals surface area (Å²) in [6.45, 7) is 10.3. The van der Waals surface area contributed by atoms with E-state index in [1.807, 2.05) is 113 Å². The normalized spacial score (nSPS) is 12.1. The quantitative estimate of drug-likeness (QED) is 0.493. The first kappa shape index (κ1) is 25.2. The fourth-order valence-corrected chi connectivity index (χ4v) is 3.96. The lowest BCUT2D eigenvalue weighted by Gasteiger charge is -2.34. The Kier molecular flexibility index (Phi) is 8.27. The molecule has 0 bridgehead atoms. The maximum atomic E-state index is 13.8. The zero-order valence-electron chi connectivity index (χ0n) is 21.0. The van der Waals surface area contributed by atoms with E-state index in [1.165, 1.54) is 0 Å². The smallest absolute Gasteiger partial charge is 0.243 e. The van der Waals surface area contributed by atoms with E-state index in [-0.39, 0.29) is 18.2 Å². The SMILES string of the molecule is Cc1ccc(CC(=O)N(Cc2ccccc2C)C(Cc2ccccc2)C(=O)NC(C)(C)C)cc1. The van der Waals surface area contributed by atoms with Crippen LogP contribution in [0, 0.1) is 13.8 Å². The molecule has 1 atom stereocenters. The van der Waals surface area contributed by atoms with Crippen molar-refractivity contribution in [1.29, 1.82) is 0 Å². The Morgan fingerprint density at radius 1 is 0.824 bits per heavy atom. The van der Waals surface area contributed by atoms with E-state index in [9.17, 15) is 9.59 Å². The lowest BCUT2D eigenvalue weighted by Crippen LogP contribution is -2.54. The highest BCUT2D eigenvalue weighted by Gasteiger charge is 2.32. The van der Waals surface area contributed by atoms with Crippen molar-refractivity contribution >= 4 is 11.8 Å². The first-order valence-corrected chi connectivity index (χ1v) is 11.9. The van der Waals surface area contributed by atoms with Crippen molar-refractivity contribution in [2.75, 3.05) is 0 Å². The van der Waals surface area contributed by atoms with Crippen LogP contribution in [0.1, 0.15) is 48.6 Å². The highest BCUT2D eigenvalue weighted by atomic mass is 16.2. The number of carbonyl (C=O) groups is 2. The Hall–Kier alpha value is -3.40. The van der Waals surface area contributed by atoms with Gasteiger partial charge in [0, 0.05) is 18.5 Å². The van der Waals surface area contributed by atoms with Gasteiger partial charge in [0.05, 0.1) is 6.42 Å². The summed E-state index contributed by atoms with van der Waals surface area (Å²) in [5.41, 5.74) is 4.86. The maximum absolute atomic E-state index is 13.8. The molecule has 0 fully saturated rings.